The zero-order valence-electron chi connectivity index (χ0n) is 11.8. The van der Waals surface area contributed by atoms with Crippen molar-refractivity contribution in [1.29, 1.82) is 0 Å². The number of hydrogen-bond donors (Lipinski definition) is 0. The van der Waals surface area contributed by atoms with Crippen LogP contribution in [0.15, 0.2) is 47.4 Å². The van der Waals surface area contributed by atoms with E-state index in [-0.39, 0.29) is 4.90 Å². The summed E-state index contributed by atoms with van der Waals surface area (Å²) in [6.45, 7) is 2.08. The van der Waals surface area contributed by atoms with Crippen LogP contribution in [0, 0.1) is 0 Å². The molecule has 0 aliphatic carbocycles. The number of rotatable bonds is 3. The van der Waals surface area contributed by atoms with Gasteiger partial charge in [-0.2, -0.15) is 4.31 Å². The predicted molar refractivity (Wildman–Crippen MR) is 81.5 cm³/mol. The summed E-state index contributed by atoms with van der Waals surface area (Å²) in [5, 5.41) is 1.88. The van der Waals surface area contributed by atoms with Gasteiger partial charge in [-0.1, -0.05) is 30.3 Å². The fourth-order valence-electron chi connectivity index (χ4n) is 2.93. The van der Waals surface area contributed by atoms with E-state index in [2.05, 4.69) is 0 Å². The van der Waals surface area contributed by atoms with Gasteiger partial charge in [0.1, 0.15) is 6.29 Å². The van der Waals surface area contributed by atoms with Crippen molar-refractivity contribution >= 4 is 27.1 Å². The average Bonchev–Trinajstić information content (AvgIpc) is 2.90. The van der Waals surface area contributed by atoms with Gasteiger partial charge >= 0.3 is 0 Å². The van der Waals surface area contributed by atoms with E-state index in [0.29, 0.717) is 19.4 Å². The number of nitrogens with zero attached hydrogens (tertiary/aromatic N) is 1. The third-order valence-corrected chi connectivity index (χ3v) is 6.21. The van der Waals surface area contributed by atoms with E-state index >= 15 is 0 Å². The maximum absolute atomic E-state index is 12.8. The van der Waals surface area contributed by atoms with Crippen LogP contribution in [0.4, 0.5) is 0 Å². The molecule has 0 unspecified atom stereocenters. The lowest BCUT2D eigenvalue weighted by molar-refractivity contribution is -0.114. The van der Waals surface area contributed by atoms with Crippen LogP contribution in [-0.2, 0) is 14.8 Å². The third-order valence-electron chi connectivity index (χ3n) is 4.18. The smallest absolute Gasteiger partial charge is 0.243 e. The van der Waals surface area contributed by atoms with Crippen molar-refractivity contribution in [2.75, 3.05) is 6.54 Å². The van der Waals surface area contributed by atoms with Crippen LogP contribution in [0.5, 0.6) is 0 Å². The Kier molecular flexibility index (Phi) is 3.34. The summed E-state index contributed by atoms with van der Waals surface area (Å²) in [4.78, 5) is 11.6. The summed E-state index contributed by atoms with van der Waals surface area (Å²) in [7, 11) is -3.65. The van der Waals surface area contributed by atoms with Crippen molar-refractivity contribution in [2.45, 2.75) is 30.2 Å². The molecule has 0 amide bonds. The van der Waals surface area contributed by atoms with Crippen LogP contribution >= 0.6 is 0 Å². The van der Waals surface area contributed by atoms with E-state index in [9.17, 15) is 13.2 Å². The van der Waals surface area contributed by atoms with Gasteiger partial charge in [-0.15, -0.1) is 0 Å². The first kappa shape index (κ1) is 14.2. The Labute approximate surface area is 124 Å². The number of fused-ring (bicyclic) bond motifs is 1. The Morgan fingerprint density at radius 3 is 2.57 bits per heavy atom. The van der Waals surface area contributed by atoms with Gasteiger partial charge < -0.3 is 4.79 Å². The van der Waals surface area contributed by atoms with Gasteiger partial charge in [0, 0.05) is 6.54 Å². The fraction of sp³-hybridized carbons (Fsp3) is 0.312. The minimum atomic E-state index is -3.65. The van der Waals surface area contributed by atoms with Crippen LogP contribution in [0.1, 0.15) is 19.8 Å². The number of hydrogen-bond acceptors (Lipinski definition) is 3. The van der Waals surface area contributed by atoms with Gasteiger partial charge in [0.15, 0.2) is 0 Å². The van der Waals surface area contributed by atoms with Crippen LogP contribution in [0.25, 0.3) is 10.8 Å². The minimum Gasteiger partial charge on any atom is -0.301 e. The monoisotopic (exact) mass is 303 g/mol. The molecule has 0 aromatic heterocycles. The van der Waals surface area contributed by atoms with Gasteiger partial charge in [0.25, 0.3) is 0 Å². The topological polar surface area (TPSA) is 54.5 Å². The largest absolute Gasteiger partial charge is 0.301 e. The summed E-state index contributed by atoms with van der Waals surface area (Å²) in [5.74, 6) is 0. The van der Waals surface area contributed by atoms with E-state index in [0.717, 1.165) is 17.1 Å². The first-order valence-electron chi connectivity index (χ1n) is 6.95. The van der Waals surface area contributed by atoms with Crippen molar-refractivity contribution in [2.24, 2.45) is 0 Å². The van der Waals surface area contributed by atoms with E-state index < -0.39 is 15.6 Å². The molecule has 4 nitrogen and oxygen atoms in total. The second kappa shape index (κ2) is 4.93. The molecule has 2 aromatic rings. The Balaban J connectivity index is 2.10. The molecule has 0 N–H and O–H groups in total. The molecule has 21 heavy (non-hydrogen) atoms. The molecule has 0 saturated carbocycles. The van der Waals surface area contributed by atoms with Crippen LogP contribution in [-0.4, -0.2) is 31.1 Å². The lowest BCUT2D eigenvalue weighted by atomic mass is 10.0. The molecule has 0 spiro atoms. The summed E-state index contributed by atoms with van der Waals surface area (Å²) in [5.41, 5.74) is -0.926. The highest BCUT2D eigenvalue weighted by molar-refractivity contribution is 7.89. The second-order valence-electron chi connectivity index (χ2n) is 5.66. The Morgan fingerprint density at radius 2 is 1.86 bits per heavy atom. The zero-order valence-corrected chi connectivity index (χ0v) is 12.6. The molecule has 3 rings (SSSR count). The molecular formula is C16H17NO3S. The highest BCUT2D eigenvalue weighted by atomic mass is 32.2. The number of carbonyl (C=O) groups is 1. The number of sulfonamides is 1. The number of aldehydes is 1. The molecule has 1 heterocycles. The molecule has 1 aliphatic rings. The summed E-state index contributed by atoms with van der Waals surface area (Å²) < 4.78 is 27.0. The SMILES string of the molecule is C[C@@]1(C=O)CCCN1S(=O)(=O)c1ccc2ccccc2c1. The van der Waals surface area contributed by atoms with Crippen LogP contribution in [0.3, 0.4) is 0 Å². The van der Waals surface area contributed by atoms with Crippen LogP contribution < -0.4 is 0 Å². The molecular weight excluding hydrogens is 286 g/mol. The van der Waals surface area contributed by atoms with Crippen LogP contribution in [0.2, 0.25) is 0 Å². The molecule has 1 fully saturated rings. The molecule has 0 bridgehead atoms. The summed E-state index contributed by atoms with van der Waals surface area (Å²) >= 11 is 0. The van der Waals surface area contributed by atoms with Crippen molar-refractivity contribution < 1.29 is 13.2 Å². The molecule has 5 heteroatoms. The van der Waals surface area contributed by atoms with Gasteiger partial charge in [-0.05, 0) is 42.7 Å². The Bertz CT molecular complexity index is 800. The summed E-state index contributed by atoms with van der Waals surface area (Å²) in [6.07, 6.45) is 2.03. The van der Waals surface area contributed by atoms with Crippen molar-refractivity contribution in [3.05, 3.63) is 42.5 Å². The lowest BCUT2D eigenvalue weighted by Crippen LogP contribution is -2.46. The quantitative estimate of drug-likeness (QED) is 0.819. The molecule has 2 aromatic carbocycles. The fourth-order valence-corrected chi connectivity index (χ4v) is 4.75. The first-order chi connectivity index (χ1) is 9.97. The molecule has 1 aliphatic heterocycles. The zero-order chi connectivity index (χ0) is 15.1. The highest BCUT2D eigenvalue weighted by Gasteiger charge is 2.44. The Hall–Kier alpha value is -1.72. The van der Waals surface area contributed by atoms with E-state index in [1.165, 1.54) is 4.31 Å². The average molecular weight is 303 g/mol. The molecule has 0 radical (unpaired) electrons. The predicted octanol–water partition coefficient (Wildman–Crippen LogP) is 2.58. The second-order valence-corrected chi connectivity index (χ2v) is 7.53. The number of benzene rings is 2. The van der Waals surface area contributed by atoms with Crippen molar-refractivity contribution in [3.63, 3.8) is 0 Å². The number of carbonyl (C=O) groups excluding carboxylic acids is 1. The van der Waals surface area contributed by atoms with E-state index in [1.807, 2.05) is 24.3 Å². The van der Waals surface area contributed by atoms with Crippen molar-refractivity contribution in [1.82, 2.24) is 4.31 Å². The molecule has 1 atom stereocenters. The van der Waals surface area contributed by atoms with Crippen molar-refractivity contribution in [3.8, 4) is 0 Å². The highest BCUT2D eigenvalue weighted by Crippen LogP contribution is 2.33. The van der Waals surface area contributed by atoms with E-state index in [4.69, 9.17) is 0 Å². The van der Waals surface area contributed by atoms with Gasteiger partial charge in [-0.25, -0.2) is 8.42 Å². The third kappa shape index (κ3) is 2.26. The Morgan fingerprint density at radius 1 is 1.14 bits per heavy atom. The normalized spacial score (nSPS) is 23.5. The standard InChI is InChI=1S/C16H17NO3S/c1-16(12-18)9-4-10-17(16)21(19,20)15-8-7-13-5-2-3-6-14(13)11-15/h2-3,5-8,11-12H,4,9-10H2,1H3/t16-/m0/s1. The molecule has 1 saturated heterocycles. The maximum Gasteiger partial charge on any atom is 0.243 e. The minimum absolute atomic E-state index is 0.246. The van der Waals surface area contributed by atoms with Gasteiger partial charge in [-0.3, -0.25) is 0 Å². The lowest BCUT2D eigenvalue weighted by Gasteiger charge is -2.29. The molecule has 110 valence electrons. The van der Waals surface area contributed by atoms with E-state index in [1.54, 1.807) is 25.1 Å². The first-order valence-corrected chi connectivity index (χ1v) is 8.39. The van der Waals surface area contributed by atoms with Gasteiger partial charge in [0.05, 0.1) is 10.4 Å². The summed E-state index contributed by atoms with van der Waals surface area (Å²) in [6, 6.07) is 12.7. The van der Waals surface area contributed by atoms with Gasteiger partial charge in [0.2, 0.25) is 10.0 Å². The maximum atomic E-state index is 12.8.